The van der Waals surface area contributed by atoms with Gasteiger partial charge in [-0.15, -0.1) is 0 Å². The molecule has 0 spiro atoms. The summed E-state index contributed by atoms with van der Waals surface area (Å²) in [6, 6.07) is 3.67. The summed E-state index contributed by atoms with van der Waals surface area (Å²) in [6.45, 7) is 1.96. The van der Waals surface area contributed by atoms with E-state index in [1.807, 2.05) is 31.2 Å². The SMILES string of the molecule is C/C=C/c1cc[n+](O)cc1.CO. The van der Waals surface area contributed by atoms with Gasteiger partial charge in [-0.3, -0.25) is 5.21 Å². The number of pyridine rings is 1. The first kappa shape index (κ1) is 10.7. The summed E-state index contributed by atoms with van der Waals surface area (Å²) in [4.78, 5) is 0. The highest BCUT2D eigenvalue weighted by Crippen LogP contribution is 1.96. The second kappa shape index (κ2) is 6.37. The third kappa shape index (κ3) is 3.73. The molecule has 0 radical (unpaired) electrons. The Labute approximate surface area is 72.2 Å². The molecule has 2 N–H and O–H groups in total. The Balaban J connectivity index is 0.000000561. The van der Waals surface area contributed by atoms with Gasteiger partial charge in [0.05, 0.1) is 0 Å². The minimum atomic E-state index is 1.00. The lowest BCUT2D eigenvalue weighted by atomic mass is 10.2. The van der Waals surface area contributed by atoms with Crippen molar-refractivity contribution in [2.45, 2.75) is 6.92 Å². The first-order chi connectivity index (χ1) is 5.83. The van der Waals surface area contributed by atoms with Crippen LogP contribution in [0.15, 0.2) is 30.6 Å². The molecule has 0 aliphatic heterocycles. The van der Waals surface area contributed by atoms with Gasteiger partial charge >= 0.3 is 0 Å². The van der Waals surface area contributed by atoms with Crippen LogP contribution in [0.4, 0.5) is 0 Å². The highest BCUT2D eigenvalue weighted by atomic mass is 16.5. The first-order valence-corrected chi connectivity index (χ1v) is 3.61. The molecule has 1 heterocycles. The topological polar surface area (TPSA) is 44.3 Å². The van der Waals surface area contributed by atoms with Crippen LogP contribution >= 0.6 is 0 Å². The van der Waals surface area contributed by atoms with Crippen molar-refractivity contribution in [3.63, 3.8) is 0 Å². The van der Waals surface area contributed by atoms with Crippen molar-refractivity contribution in [1.82, 2.24) is 0 Å². The van der Waals surface area contributed by atoms with Crippen LogP contribution in [-0.2, 0) is 0 Å². The highest BCUT2D eigenvalue weighted by molar-refractivity contribution is 5.46. The summed E-state index contributed by atoms with van der Waals surface area (Å²) < 4.78 is 1.02. The molecule has 0 bridgehead atoms. The molecule has 1 rings (SSSR count). The summed E-state index contributed by atoms with van der Waals surface area (Å²) >= 11 is 0. The molecule has 1 aromatic heterocycles. The fourth-order valence-electron chi connectivity index (χ4n) is 0.734. The molecule has 0 aliphatic carbocycles. The molecule has 66 valence electrons. The molecule has 0 aliphatic rings. The lowest BCUT2D eigenvalue weighted by Gasteiger charge is -1.85. The van der Waals surface area contributed by atoms with Crippen molar-refractivity contribution in [3.05, 3.63) is 36.2 Å². The fraction of sp³-hybridized carbons (Fsp3) is 0.222. The second-order valence-electron chi connectivity index (χ2n) is 2.01. The Morgan fingerprint density at radius 2 is 1.75 bits per heavy atom. The van der Waals surface area contributed by atoms with Gasteiger partial charge in [-0.05, 0) is 12.5 Å². The van der Waals surface area contributed by atoms with Gasteiger partial charge < -0.3 is 5.11 Å². The zero-order valence-electron chi connectivity index (χ0n) is 7.31. The highest BCUT2D eigenvalue weighted by Gasteiger charge is 1.91. The van der Waals surface area contributed by atoms with Crippen LogP contribution in [-0.4, -0.2) is 17.4 Å². The summed E-state index contributed by atoms with van der Waals surface area (Å²) in [5.74, 6) is 0. The molecule has 3 heteroatoms. The van der Waals surface area contributed by atoms with E-state index in [-0.39, 0.29) is 0 Å². The second-order valence-corrected chi connectivity index (χ2v) is 2.01. The average molecular weight is 168 g/mol. The quantitative estimate of drug-likeness (QED) is 0.482. The number of hydrogen-bond donors (Lipinski definition) is 2. The summed E-state index contributed by atoms with van der Waals surface area (Å²) in [5.41, 5.74) is 1.09. The molecule has 0 saturated carbocycles. The number of aliphatic hydroxyl groups excluding tert-OH is 1. The lowest BCUT2D eigenvalue weighted by molar-refractivity contribution is -0.904. The van der Waals surface area contributed by atoms with Crippen LogP contribution in [0.3, 0.4) is 0 Å². The summed E-state index contributed by atoms with van der Waals surface area (Å²) in [6.07, 6.45) is 7.11. The van der Waals surface area contributed by atoms with Gasteiger partial charge in [0.2, 0.25) is 12.4 Å². The van der Waals surface area contributed by atoms with E-state index in [0.717, 1.165) is 17.4 Å². The van der Waals surface area contributed by atoms with E-state index in [1.165, 1.54) is 0 Å². The molecule has 1 aromatic rings. The van der Waals surface area contributed by atoms with Crippen LogP contribution in [0.2, 0.25) is 0 Å². The summed E-state index contributed by atoms with van der Waals surface area (Å²) in [5, 5.41) is 15.8. The van der Waals surface area contributed by atoms with Crippen LogP contribution in [0, 0.1) is 0 Å². The Bertz CT molecular complexity index is 229. The maximum absolute atomic E-state index is 8.82. The van der Waals surface area contributed by atoms with Crippen molar-refractivity contribution in [3.8, 4) is 0 Å². The van der Waals surface area contributed by atoms with Crippen molar-refractivity contribution < 1.29 is 15.0 Å². The van der Waals surface area contributed by atoms with Crippen LogP contribution in [0.5, 0.6) is 0 Å². The predicted molar refractivity (Wildman–Crippen MR) is 46.7 cm³/mol. The molecule has 0 fully saturated rings. The number of rotatable bonds is 1. The van der Waals surface area contributed by atoms with Gasteiger partial charge in [0.25, 0.3) is 0 Å². The molecular weight excluding hydrogens is 154 g/mol. The maximum atomic E-state index is 8.82. The first-order valence-electron chi connectivity index (χ1n) is 3.61. The van der Waals surface area contributed by atoms with Crippen molar-refractivity contribution in [2.75, 3.05) is 7.11 Å². The number of nitrogens with zero attached hydrogens (tertiary/aromatic N) is 1. The van der Waals surface area contributed by atoms with E-state index >= 15 is 0 Å². The van der Waals surface area contributed by atoms with Gasteiger partial charge in [0.15, 0.2) is 0 Å². The average Bonchev–Trinajstić information content (AvgIpc) is 2.13. The number of hydrogen-bond acceptors (Lipinski definition) is 2. The Morgan fingerprint density at radius 3 is 2.17 bits per heavy atom. The molecular formula is C9H14NO2+. The number of aromatic nitrogens is 1. The molecule has 3 nitrogen and oxygen atoms in total. The van der Waals surface area contributed by atoms with E-state index < -0.39 is 0 Å². The smallest absolute Gasteiger partial charge is 0.222 e. The lowest BCUT2D eigenvalue weighted by Crippen LogP contribution is -2.27. The fourth-order valence-corrected chi connectivity index (χ4v) is 0.734. The summed E-state index contributed by atoms with van der Waals surface area (Å²) in [7, 11) is 1.00. The van der Waals surface area contributed by atoms with E-state index in [4.69, 9.17) is 10.3 Å². The Morgan fingerprint density at radius 1 is 1.25 bits per heavy atom. The van der Waals surface area contributed by atoms with Gasteiger partial charge in [0, 0.05) is 24.0 Å². The van der Waals surface area contributed by atoms with E-state index in [1.54, 1.807) is 12.4 Å². The van der Waals surface area contributed by atoms with Gasteiger partial charge in [0.1, 0.15) is 0 Å². The molecule has 0 amide bonds. The normalized spacial score (nSPS) is 9.25. The third-order valence-electron chi connectivity index (χ3n) is 1.20. The molecule has 0 unspecified atom stereocenters. The van der Waals surface area contributed by atoms with E-state index in [9.17, 15) is 0 Å². The monoisotopic (exact) mass is 168 g/mol. The van der Waals surface area contributed by atoms with Crippen LogP contribution in [0.1, 0.15) is 12.5 Å². The third-order valence-corrected chi connectivity index (χ3v) is 1.20. The zero-order chi connectivity index (χ0) is 9.40. The van der Waals surface area contributed by atoms with Gasteiger partial charge in [-0.1, -0.05) is 12.2 Å². The minimum Gasteiger partial charge on any atom is -0.400 e. The van der Waals surface area contributed by atoms with Crippen LogP contribution < -0.4 is 4.73 Å². The number of allylic oxidation sites excluding steroid dienone is 1. The largest absolute Gasteiger partial charge is 0.400 e. The maximum Gasteiger partial charge on any atom is 0.222 e. The molecule has 12 heavy (non-hydrogen) atoms. The molecule has 0 atom stereocenters. The van der Waals surface area contributed by atoms with Crippen LogP contribution in [0.25, 0.3) is 6.08 Å². The van der Waals surface area contributed by atoms with E-state index in [0.29, 0.717) is 0 Å². The molecule has 0 aromatic carbocycles. The van der Waals surface area contributed by atoms with Crippen molar-refractivity contribution in [1.29, 1.82) is 0 Å². The Kier molecular flexibility index (Phi) is 5.65. The van der Waals surface area contributed by atoms with Crippen molar-refractivity contribution in [2.24, 2.45) is 0 Å². The van der Waals surface area contributed by atoms with Gasteiger partial charge in [-0.25, -0.2) is 0 Å². The van der Waals surface area contributed by atoms with E-state index in [2.05, 4.69) is 0 Å². The predicted octanol–water partition coefficient (Wildman–Crippen LogP) is 0.853. The Hall–Kier alpha value is -1.35. The zero-order valence-corrected chi connectivity index (χ0v) is 7.31. The minimum absolute atomic E-state index is 1.00. The standard InChI is InChI=1S/C8H10NO.CH4O/c1-2-3-8-4-6-9(10)7-5-8;1-2/h2-7,10H,1H3;2H,1H3/q+1;/b3-2+;. The molecule has 0 saturated heterocycles. The van der Waals surface area contributed by atoms with Gasteiger partial charge in [-0.2, -0.15) is 0 Å². The number of aliphatic hydroxyl groups is 1. The van der Waals surface area contributed by atoms with Crippen molar-refractivity contribution >= 4 is 6.08 Å².